The number of hydrogen-bond acceptors (Lipinski definition) is 3. The third kappa shape index (κ3) is 5.09. The molecule has 0 aliphatic heterocycles. The smallest absolute Gasteiger partial charge is 0.0538 e. The number of aliphatic hydroxyl groups is 1. The summed E-state index contributed by atoms with van der Waals surface area (Å²) in [5, 5.41) is 16.1. The molecule has 0 atom stereocenters. The second kappa shape index (κ2) is 8.07. The van der Waals surface area contributed by atoms with Gasteiger partial charge in [-0.05, 0) is 19.4 Å². The van der Waals surface area contributed by atoms with E-state index in [0.29, 0.717) is 6.61 Å². The topological polar surface area (TPSA) is 50.1 Å². The highest BCUT2D eigenvalue weighted by Crippen LogP contribution is 1.99. The molecule has 4 nitrogen and oxygen atoms in total. The highest BCUT2D eigenvalue weighted by Gasteiger charge is 1.95. The Balaban J connectivity index is 2.00. The highest BCUT2D eigenvalue weighted by atomic mass is 16.2. The SMILES string of the molecule is C=Cn1cc(CNCCCCCCO)cn1. The average molecular weight is 223 g/mol. The lowest BCUT2D eigenvalue weighted by Gasteiger charge is -2.02. The maximum atomic E-state index is 8.61. The Kier molecular flexibility index (Phi) is 6.53. The molecule has 0 fully saturated rings. The largest absolute Gasteiger partial charge is 0.396 e. The first kappa shape index (κ1) is 12.9. The van der Waals surface area contributed by atoms with Crippen LogP contribution >= 0.6 is 0 Å². The molecule has 0 aliphatic carbocycles. The van der Waals surface area contributed by atoms with Crippen LogP contribution in [0.15, 0.2) is 19.0 Å². The predicted octanol–water partition coefficient (Wildman–Crippen LogP) is 1.63. The molecule has 0 spiro atoms. The zero-order valence-corrected chi connectivity index (χ0v) is 9.73. The quantitative estimate of drug-likeness (QED) is 0.626. The van der Waals surface area contributed by atoms with Gasteiger partial charge in [0.15, 0.2) is 0 Å². The Labute approximate surface area is 97.0 Å². The molecule has 0 aliphatic rings. The Bertz CT molecular complexity index is 296. The number of aromatic nitrogens is 2. The van der Waals surface area contributed by atoms with Crippen LogP contribution in [0.5, 0.6) is 0 Å². The fourth-order valence-electron chi connectivity index (χ4n) is 1.52. The molecule has 2 N–H and O–H groups in total. The summed E-state index contributed by atoms with van der Waals surface area (Å²) in [5.41, 5.74) is 1.18. The van der Waals surface area contributed by atoms with Gasteiger partial charge in [-0.1, -0.05) is 19.4 Å². The lowest BCUT2D eigenvalue weighted by molar-refractivity contribution is 0.282. The van der Waals surface area contributed by atoms with E-state index in [-0.39, 0.29) is 0 Å². The number of aliphatic hydroxyl groups excluding tert-OH is 1. The summed E-state index contributed by atoms with van der Waals surface area (Å²) in [6, 6.07) is 0. The zero-order valence-electron chi connectivity index (χ0n) is 9.73. The average Bonchev–Trinajstić information content (AvgIpc) is 2.76. The summed E-state index contributed by atoms with van der Waals surface area (Å²) in [5.74, 6) is 0. The summed E-state index contributed by atoms with van der Waals surface area (Å²) in [6.07, 6.45) is 9.87. The molecule has 0 saturated carbocycles. The fourth-order valence-corrected chi connectivity index (χ4v) is 1.52. The maximum absolute atomic E-state index is 8.61. The number of nitrogens with zero attached hydrogens (tertiary/aromatic N) is 2. The van der Waals surface area contributed by atoms with Crippen molar-refractivity contribution in [1.82, 2.24) is 15.1 Å². The Morgan fingerprint density at radius 1 is 1.38 bits per heavy atom. The standard InChI is InChI=1S/C12H21N3O/c1-2-15-11-12(10-14-15)9-13-7-5-3-4-6-8-16/h2,10-11,13,16H,1,3-9H2. The van der Waals surface area contributed by atoms with Crippen molar-refractivity contribution in [1.29, 1.82) is 0 Å². The van der Waals surface area contributed by atoms with E-state index in [0.717, 1.165) is 32.4 Å². The van der Waals surface area contributed by atoms with Gasteiger partial charge in [-0.3, -0.25) is 0 Å². The second-order valence-electron chi connectivity index (χ2n) is 3.83. The van der Waals surface area contributed by atoms with Gasteiger partial charge in [0.2, 0.25) is 0 Å². The third-order valence-electron chi connectivity index (χ3n) is 2.43. The van der Waals surface area contributed by atoms with E-state index in [1.54, 1.807) is 10.9 Å². The van der Waals surface area contributed by atoms with E-state index in [1.165, 1.54) is 12.0 Å². The van der Waals surface area contributed by atoms with Gasteiger partial charge in [0.25, 0.3) is 0 Å². The molecule has 0 saturated heterocycles. The van der Waals surface area contributed by atoms with Crippen LogP contribution in [0.1, 0.15) is 31.2 Å². The summed E-state index contributed by atoms with van der Waals surface area (Å²) in [4.78, 5) is 0. The molecule has 16 heavy (non-hydrogen) atoms. The molecule has 1 rings (SSSR count). The third-order valence-corrected chi connectivity index (χ3v) is 2.43. The summed E-state index contributed by atoms with van der Waals surface area (Å²) < 4.78 is 1.71. The molecule has 0 unspecified atom stereocenters. The highest BCUT2D eigenvalue weighted by molar-refractivity contribution is 5.17. The van der Waals surface area contributed by atoms with Crippen molar-refractivity contribution in [3.05, 3.63) is 24.5 Å². The molecule has 90 valence electrons. The lowest BCUT2D eigenvalue weighted by Crippen LogP contribution is -2.14. The molecule has 0 amide bonds. The normalized spacial score (nSPS) is 10.6. The maximum Gasteiger partial charge on any atom is 0.0538 e. The van der Waals surface area contributed by atoms with Gasteiger partial charge in [0.1, 0.15) is 0 Å². The molecular weight excluding hydrogens is 202 g/mol. The molecular formula is C12H21N3O. The van der Waals surface area contributed by atoms with E-state index in [9.17, 15) is 0 Å². The predicted molar refractivity (Wildman–Crippen MR) is 65.9 cm³/mol. The first-order chi connectivity index (χ1) is 7.86. The van der Waals surface area contributed by atoms with Crippen LogP contribution < -0.4 is 5.32 Å². The summed E-state index contributed by atoms with van der Waals surface area (Å²) >= 11 is 0. The van der Waals surface area contributed by atoms with Crippen LogP contribution in [0, 0.1) is 0 Å². The fraction of sp³-hybridized carbons (Fsp3) is 0.583. The van der Waals surface area contributed by atoms with Crippen molar-refractivity contribution in [2.24, 2.45) is 0 Å². The van der Waals surface area contributed by atoms with Gasteiger partial charge in [-0.15, -0.1) is 0 Å². The van der Waals surface area contributed by atoms with Gasteiger partial charge in [0.05, 0.1) is 6.20 Å². The van der Waals surface area contributed by atoms with Crippen LogP contribution in [-0.4, -0.2) is 28.0 Å². The Morgan fingerprint density at radius 3 is 2.88 bits per heavy atom. The number of nitrogens with one attached hydrogen (secondary N) is 1. The van der Waals surface area contributed by atoms with Crippen molar-refractivity contribution < 1.29 is 5.11 Å². The molecule has 1 aromatic heterocycles. The molecule has 4 heteroatoms. The summed E-state index contributed by atoms with van der Waals surface area (Å²) in [7, 11) is 0. The van der Waals surface area contributed by atoms with E-state index in [2.05, 4.69) is 17.0 Å². The molecule has 0 bridgehead atoms. The van der Waals surface area contributed by atoms with Gasteiger partial charge < -0.3 is 10.4 Å². The van der Waals surface area contributed by atoms with E-state index < -0.39 is 0 Å². The summed E-state index contributed by atoms with van der Waals surface area (Å²) in [6.45, 7) is 5.83. The van der Waals surface area contributed by atoms with Gasteiger partial charge >= 0.3 is 0 Å². The van der Waals surface area contributed by atoms with Gasteiger partial charge in [0, 0.05) is 31.1 Å². The van der Waals surface area contributed by atoms with Crippen LogP contribution in [0.25, 0.3) is 6.20 Å². The number of hydrogen-bond donors (Lipinski definition) is 2. The minimum absolute atomic E-state index is 0.314. The van der Waals surface area contributed by atoms with Crippen LogP contribution in [0.4, 0.5) is 0 Å². The minimum Gasteiger partial charge on any atom is -0.396 e. The van der Waals surface area contributed by atoms with Crippen molar-refractivity contribution in [3.8, 4) is 0 Å². The minimum atomic E-state index is 0.314. The Morgan fingerprint density at radius 2 is 2.19 bits per heavy atom. The first-order valence-electron chi connectivity index (χ1n) is 5.84. The van der Waals surface area contributed by atoms with Crippen LogP contribution in [-0.2, 0) is 6.54 Å². The molecule has 1 heterocycles. The Hall–Kier alpha value is -1.13. The molecule has 0 radical (unpaired) electrons. The number of rotatable bonds is 9. The van der Waals surface area contributed by atoms with Gasteiger partial charge in [-0.2, -0.15) is 5.10 Å². The van der Waals surface area contributed by atoms with Crippen molar-refractivity contribution in [2.45, 2.75) is 32.2 Å². The van der Waals surface area contributed by atoms with Crippen LogP contribution in [0.2, 0.25) is 0 Å². The first-order valence-corrected chi connectivity index (χ1v) is 5.84. The lowest BCUT2D eigenvalue weighted by atomic mass is 10.2. The van der Waals surface area contributed by atoms with Gasteiger partial charge in [-0.25, -0.2) is 4.68 Å². The van der Waals surface area contributed by atoms with Crippen molar-refractivity contribution >= 4 is 6.20 Å². The second-order valence-corrected chi connectivity index (χ2v) is 3.83. The van der Waals surface area contributed by atoms with Crippen molar-refractivity contribution in [3.63, 3.8) is 0 Å². The zero-order chi connectivity index (χ0) is 11.6. The van der Waals surface area contributed by atoms with Crippen LogP contribution in [0.3, 0.4) is 0 Å². The van der Waals surface area contributed by atoms with E-state index >= 15 is 0 Å². The molecule has 1 aromatic rings. The monoisotopic (exact) mass is 223 g/mol. The van der Waals surface area contributed by atoms with E-state index in [1.807, 2.05) is 12.4 Å². The van der Waals surface area contributed by atoms with Crippen molar-refractivity contribution in [2.75, 3.05) is 13.2 Å². The van der Waals surface area contributed by atoms with E-state index in [4.69, 9.17) is 5.11 Å². The number of unbranched alkanes of at least 4 members (excludes halogenated alkanes) is 3. The molecule has 0 aromatic carbocycles.